The lowest BCUT2D eigenvalue weighted by atomic mass is 10.2. The summed E-state index contributed by atoms with van der Waals surface area (Å²) in [4.78, 5) is 23.0. The zero-order valence-corrected chi connectivity index (χ0v) is 15.1. The lowest BCUT2D eigenvalue weighted by Gasteiger charge is -2.20. The van der Waals surface area contributed by atoms with Crippen molar-refractivity contribution < 1.29 is 32.6 Å². The number of carboxylic acids is 1. The Balaban J connectivity index is 2.35. The van der Waals surface area contributed by atoms with Crippen LogP contribution in [-0.4, -0.2) is 38.4 Å². The van der Waals surface area contributed by atoms with Crippen LogP contribution in [0.1, 0.15) is 42.5 Å². The summed E-state index contributed by atoms with van der Waals surface area (Å²) in [5.41, 5.74) is -2.76. The fraction of sp³-hybridized carbons (Fsp3) is 0.294. The number of carbonyl (C=O) groups excluding carboxylic acids is 1. The van der Waals surface area contributed by atoms with Gasteiger partial charge in [-0.2, -0.15) is 18.3 Å². The third kappa shape index (κ3) is 5.09. The number of amidine groups is 1. The highest BCUT2D eigenvalue weighted by Gasteiger charge is 2.36. The molecule has 2 rings (SSSR count). The van der Waals surface area contributed by atoms with Gasteiger partial charge in [0.25, 0.3) is 0 Å². The third-order valence-corrected chi connectivity index (χ3v) is 3.22. The Morgan fingerprint density at radius 1 is 1.21 bits per heavy atom. The van der Waals surface area contributed by atoms with Crippen molar-refractivity contribution in [2.75, 3.05) is 0 Å². The molecule has 0 unspecified atom stereocenters. The van der Waals surface area contributed by atoms with Gasteiger partial charge in [0, 0.05) is 11.6 Å². The van der Waals surface area contributed by atoms with E-state index in [9.17, 15) is 22.8 Å². The minimum atomic E-state index is -4.82. The van der Waals surface area contributed by atoms with Crippen LogP contribution in [0.25, 0.3) is 5.69 Å². The summed E-state index contributed by atoms with van der Waals surface area (Å²) in [7, 11) is 0. The summed E-state index contributed by atoms with van der Waals surface area (Å²) in [6.07, 6.45) is -5.70. The van der Waals surface area contributed by atoms with Crippen molar-refractivity contribution in [3.63, 3.8) is 0 Å². The van der Waals surface area contributed by atoms with Crippen LogP contribution in [0.5, 0.6) is 0 Å². The Hall–Kier alpha value is -3.37. The molecule has 1 amide bonds. The number of alkyl halides is 3. The average molecular weight is 398 g/mol. The first kappa shape index (κ1) is 20.9. The molecule has 0 atom stereocenters. The van der Waals surface area contributed by atoms with Crippen LogP contribution in [-0.2, 0) is 10.9 Å². The normalized spacial score (nSPS) is 11.8. The first-order chi connectivity index (χ1) is 12.8. The number of amides is 1. The third-order valence-electron chi connectivity index (χ3n) is 3.22. The number of ether oxygens (including phenoxy) is 1. The van der Waals surface area contributed by atoms with E-state index in [1.165, 1.54) is 24.3 Å². The van der Waals surface area contributed by atoms with E-state index in [2.05, 4.69) is 10.4 Å². The van der Waals surface area contributed by atoms with E-state index in [1.807, 2.05) is 0 Å². The van der Waals surface area contributed by atoms with Gasteiger partial charge in [-0.3, -0.25) is 10.7 Å². The Morgan fingerprint density at radius 2 is 1.86 bits per heavy atom. The molecule has 0 bridgehead atoms. The number of benzene rings is 1. The number of hydrogen-bond donors (Lipinski definition) is 3. The van der Waals surface area contributed by atoms with Crippen LogP contribution in [0.15, 0.2) is 30.3 Å². The Bertz CT molecular complexity index is 929. The van der Waals surface area contributed by atoms with Gasteiger partial charge in [0.1, 0.15) is 11.4 Å². The monoisotopic (exact) mass is 398 g/mol. The summed E-state index contributed by atoms with van der Waals surface area (Å²) >= 11 is 0. The van der Waals surface area contributed by atoms with E-state index < -0.39 is 35.2 Å². The van der Waals surface area contributed by atoms with Crippen molar-refractivity contribution in [2.24, 2.45) is 0 Å². The van der Waals surface area contributed by atoms with Gasteiger partial charge < -0.3 is 9.84 Å². The summed E-state index contributed by atoms with van der Waals surface area (Å²) in [5.74, 6) is -1.98. The molecule has 0 aliphatic carbocycles. The molecular weight excluding hydrogens is 381 g/mol. The molecule has 2 aromatic rings. The molecule has 0 fully saturated rings. The summed E-state index contributed by atoms with van der Waals surface area (Å²) in [5, 5.41) is 22.6. The lowest BCUT2D eigenvalue weighted by molar-refractivity contribution is -0.141. The van der Waals surface area contributed by atoms with Gasteiger partial charge in [0.2, 0.25) is 0 Å². The molecular formula is C17H17F3N4O4. The number of hydrogen-bond acceptors (Lipinski definition) is 5. The Morgan fingerprint density at radius 3 is 2.39 bits per heavy atom. The van der Waals surface area contributed by atoms with E-state index >= 15 is 0 Å². The molecule has 150 valence electrons. The second-order valence-electron chi connectivity index (χ2n) is 6.68. The zero-order valence-electron chi connectivity index (χ0n) is 15.1. The topological polar surface area (TPSA) is 117 Å². The fourth-order valence-electron chi connectivity index (χ4n) is 2.14. The van der Waals surface area contributed by atoms with Gasteiger partial charge in [-0.05, 0) is 32.9 Å². The van der Waals surface area contributed by atoms with Crippen LogP contribution in [0.4, 0.5) is 18.0 Å². The molecule has 1 aromatic heterocycles. The van der Waals surface area contributed by atoms with Crippen molar-refractivity contribution in [3.05, 3.63) is 47.3 Å². The van der Waals surface area contributed by atoms with Gasteiger partial charge >= 0.3 is 18.2 Å². The van der Waals surface area contributed by atoms with Gasteiger partial charge in [0.05, 0.1) is 5.69 Å². The van der Waals surface area contributed by atoms with Crippen LogP contribution in [0, 0.1) is 5.41 Å². The van der Waals surface area contributed by atoms with Crippen LogP contribution in [0.2, 0.25) is 0 Å². The molecule has 3 N–H and O–H groups in total. The number of nitrogens with one attached hydrogen (secondary N) is 2. The Kier molecular flexibility index (Phi) is 5.48. The van der Waals surface area contributed by atoms with Gasteiger partial charge in [-0.25, -0.2) is 14.3 Å². The molecule has 0 spiro atoms. The predicted octanol–water partition coefficient (Wildman–Crippen LogP) is 3.44. The van der Waals surface area contributed by atoms with Crippen LogP contribution >= 0.6 is 0 Å². The van der Waals surface area contributed by atoms with E-state index in [1.54, 1.807) is 20.8 Å². The maximum absolute atomic E-state index is 12.9. The van der Waals surface area contributed by atoms with E-state index in [-0.39, 0.29) is 17.1 Å². The molecule has 11 heteroatoms. The number of halogens is 3. The first-order valence-corrected chi connectivity index (χ1v) is 7.88. The van der Waals surface area contributed by atoms with Crippen LogP contribution < -0.4 is 5.32 Å². The highest BCUT2D eigenvalue weighted by Crippen LogP contribution is 2.29. The highest BCUT2D eigenvalue weighted by molar-refractivity contribution is 6.04. The highest BCUT2D eigenvalue weighted by atomic mass is 19.4. The van der Waals surface area contributed by atoms with Gasteiger partial charge in [-0.15, -0.1) is 0 Å². The average Bonchev–Trinajstić information content (AvgIpc) is 2.98. The number of aromatic nitrogens is 2. The molecule has 1 heterocycles. The van der Waals surface area contributed by atoms with Crippen molar-refractivity contribution in [1.82, 2.24) is 15.1 Å². The summed E-state index contributed by atoms with van der Waals surface area (Å²) in [6, 6.07) is 5.76. The number of alkyl carbamates (subject to hydrolysis) is 1. The number of rotatable bonds is 3. The van der Waals surface area contributed by atoms with Crippen molar-refractivity contribution in [2.45, 2.75) is 32.5 Å². The molecule has 1 aromatic carbocycles. The first-order valence-electron chi connectivity index (χ1n) is 7.88. The largest absolute Gasteiger partial charge is 0.477 e. The number of aromatic carboxylic acids is 1. The molecule has 28 heavy (non-hydrogen) atoms. The minimum absolute atomic E-state index is 0.0267. The van der Waals surface area contributed by atoms with E-state index in [0.29, 0.717) is 10.7 Å². The van der Waals surface area contributed by atoms with Gasteiger partial charge in [0.15, 0.2) is 11.4 Å². The Labute approximate surface area is 157 Å². The standard InChI is InChI=1S/C17H17F3N4O4/c1-16(2,3)28-15(27)22-13(21)9-5-4-6-10(7-9)24-11(14(25)26)8-12(23-24)17(18,19)20/h4-8H,1-3H3,(H,25,26)(H2,21,22,27). The minimum Gasteiger partial charge on any atom is -0.477 e. The van der Waals surface area contributed by atoms with Crippen LogP contribution in [0.3, 0.4) is 0 Å². The lowest BCUT2D eigenvalue weighted by Crippen LogP contribution is -2.36. The molecule has 0 radical (unpaired) electrons. The number of carbonyl (C=O) groups is 2. The maximum Gasteiger partial charge on any atom is 0.435 e. The second-order valence-corrected chi connectivity index (χ2v) is 6.68. The second kappa shape index (κ2) is 7.33. The number of nitrogens with zero attached hydrogens (tertiary/aromatic N) is 2. The predicted molar refractivity (Wildman–Crippen MR) is 91.7 cm³/mol. The molecule has 0 saturated heterocycles. The summed E-state index contributed by atoms with van der Waals surface area (Å²) < 4.78 is 44.3. The fourth-order valence-corrected chi connectivity index (χ4v) is 2.14. The number of carboxylic acid groups (broad SMARTS) is 1. The van der Waals surface area contributed by atoms with Crippen molar-refractivity contribution >= 4 is 17.9 Å². The molecule has 0 saturated carbocycles. The quantitative estimate of drug-likeness (QED) is 0.541. The molecule has 0 aliphatic heterocycles. The van der Waals surface area contributed by atoms with Crippen molar-refractivity contribution in [1.29, 1.82) is 5.41 Å². The smallest absolute Gasteiger partial charge is 0.435 e. The maximum atomic E-state index is 12.9. The molecule has 8 nitrogen and oxygen atoms in total. The van der Waals surface area contributed by atoms with Gasteiger partial charge in [-0.1, -0.05) is 12.1 Å². The SMILES string of the molecule is CC(C)(C)OC(=O)NC(=N)c1cccc(-n2nc(C(F)(F)F)cc2C(=O)O)c1. The zero-order chi connectivity index (χ0) is 21.3. The summed E-state index contributed by atoms with van der Waals surface area (Å²) in [6.45, 7) is 4.92. The van der Waals surface area contributed by atoms with Crippen molar-refractivity contribution in [3.8, 4) is 5.69 Å². The molecule has 0 aliphatic rings. The van der Waals surface area contributed by atoms with E-state index in [0.717, 1.165) is 0 Å². The van der Waals surface area contributed by atoms with E-state index in [4.69, 9.17) is 15.3 Å².